The lowest BCUT2D eigenvalue weighted by Gasteiger charge is -2.30. The molecular weight excluding hydrogens is 491 g/mol. The van der Waals surface area contributed by atoms with Crippen LogP contribution in [0.5, 0.6) is 0 Å². The fourth-order valence-electron chi connectivity index (χ4n) is 3.83. The number of hydrogen-bond acceptors (Lipinski definition) is 3. The van der Waals surface area contributed by atoms with Gasteiger partial charge in [-0.15, -0.1) is 24.0 Å². The molecule has 0 saturated heterocycles. The van der Waals surface area contributed by atoms with Gasteiger partial charge in [-0.25, -0.2) is 0 Å². The molecule has 7 heteroatoms. The van der Waals surface area contributed by atoms with Crippen LogP contribution in [0.2, 0.25) is 0 Å². The zero-order valence-electron chi connectivity index (χ0n) is 16.9. The molecule has 2 aromatic carbocycles. The van der Waals surface area contributed by atoms with Crippen LogP contribution in [0.4, 0.5) is 0 Å². The quantitative estimate of drug-likeness (QED) is 0.293. The van der Waals surface area contributed by atoms with E-state index < -0.39 is 0 Å². The van der Waals surface area contributed by atoms with E-state index in [0.29, 0.717) is 24.2 Å². The first-order chi connectivity index (χ1) is 14.2. The number of imide groups is 1. The van der Waals surface area contributed by atoms with Crippen LogP contribution in [0.15, 0.2) is 65.7 Å². The molecule has 0 bridgehead atoms. The largest absolute Gasteiger partial charge is 0.354 e. The van der Waals surface area contributed by atoms with Crippen LogP contribution < -0.4 is 5.32 Å². The summed E-state index contributed by atoms with van der Waals surface area (Å²) < 4.78 is 0. The van der Waals surface area contributed by atoms with Crippen molar-refractivity contribution in [3.05, 3.63) is 77.4 Å². The molecule has 0 aromatic heterocycles. The van der Waals surface area contributed by atoms with Crippen molar-refractivity contribution in [1.82, 2.24) is 15.1 Å². The van der Waals surface area contributed by atoms with E-state index in [2.05, 4.69) is 45.6 Å². The third-order valence-corrected chi connectivity index (χ3v) is 5.36. The highest BCUT2D eigenvalue weighted by Gasteiger charge is 2.34. The summed E-state index contributed by atoms with van der Waals surface area (Å²) in [6, 6.07) is 17.4. The van der Waals surface area contributed by atoms with Gasteiger partial charge < -0.3 is 10.2 Å². The third-order valence-electron chi connectivity index (χ3n) is 5.36. The summed E-state index contributed by atoms with van der Waals surface area (Å²) in [6.45, 7) is 2.42. The highest BCUT2D eigenvalue weighted by Crippen LogP contribution is 2.23. The van der Waals surface area contributed by atoms with Crippen LogP contribution in [0.25, 0.3) is 5.57 Å². The number of carbonyl (C=O) groups excluding carboxylic acids is 2. The first-order valence-electron chi connectivity index (χ1n) is 9.84. The summed E-state index contributed by atoms with van der Waals surface area (Å²) in [7, 11) is 1.75. The van der Waals surface area contributed by atoms with E-state index in [9.17, 15) is 9.59 Å². The molecular formula is C23H25IN4O2. The summed E-state index contributed by atoms with van der Waals surface area (Å²) in [5, 5.41) is 3.29. The molecule has 0 radical (unpaired) electrons. The molecule has 30 heavy (non-hydrogen) atoms. The number of halogens is 1. The van der Waals surface area contributed by atoms with E-state index in [1.165, 1.54) is 16.0 Å². The van der Waals surface area contributed by atoms with Crippen LogP contribution in [0.1, 0.15) is 32.7 Å². The maximum absolute atomic E-state index is 12.5. The van der Waals surface area contributed by atoms with Gasteiger partial charge in [-0.3, -0.25) is 19.5 Å². The highest BCUT2D eigenvalue weighted by atomic mass is 127. The van der Waals surface area contributed by atoms with Gasteiger partial charge in [0.15, 0.2) is 5.96 Å². The summed E-state index contributed by atoms with van der Waals surface area (Å²) in [5.41, 5.74) is 3.58. The Labute approximate surface area is 193 Å². The Bertz CT molecular complexity index is 953. The molecule has 2 aliphatic rings. The van der Waals surface area contributed by atoms with Gasteiger partial charge in [0.1, 0.15) is 0 Å². The monoisotopic (exact) mass is 516 g/mol. The van der Waals surface area contributed by atoms with Gasteiger partial charge in [-0.05, 0) is 29.7 Å². The summed E-state index contributed by atoms with van der Waals surface area (Å²) >= 11 is 0. The second kappa shape index (κ2) is 9.88. The predicted molar refractivity (Wildman–Crippen MR) is 129 cm³/mol. The molecule has 0 saturated carbocycles. The average Bonchev–Trinajstić information content (AvgIpc) is 3.02. The molecule has 0 unspecified atom stereocenters. The minimum atomic E-state index is -0.226. The number of benzene rings is 2. The summed E-state index contributed by atoms with van der Waals surface area (Å²) in [5.74, 6) is 0.330. The molecule has 0 atom stereocenters. The molecule has 4 rings (SSSR count). The van der Waals surface area contributed by atoms with Gasteiger partial charge in [0, 0.05) is 33.2 Å². The van der Waals surface area contributed by atoms with Crippen LogP contribution in [-0.2, 0) is 0 Å². The molecule has 2 aromatic rings. The fraction of sp³-hybridized carbons (Fsp3) is 0.261. The van der Waals surface area contributed by atoms with E-state index in [4.69, 9.17) is 0 Å². The van der Waals surface area contributed by atoms with Gasteiger partial charge in [0.2, 0.25) is 0 Å². The van der Waals surface area contributed by atoms with E-state index in [0.717, 1.165) is 25.5 Å². The second-order valence-corrected chi connectivity index (χ2v) is 7.07. The summed E-state index contributed by atoms with van der Waals surface area (Å²) in [6.07, 6.45) is 3.18. The standard InChI is InChI=1S/C23H24N4O2.HI/c1-24-23(26-14-11-18(12-15-26)17-7-3-2-4-8-17)25-13-16-27-21(28)19-9-5-6-10-20(19)22(27)29;/h2-11H,12-16H2,1H3,(H,24,25);1H. The fourth-order valence-corrected chi connectivity index (χ4v) is 3.83. The average molecular weight is 516 g/mol. The minimum Gasteiger partial charge on any atom is -0.354 e. The van der Waals surface area contributed by atoms with Gasteiger partial charge in [0.25, 0.3) is 11.8 Å². The zero-order valence-corrected chi connectivity index (χ0v) is 19.2. The van der Waals surface area contributed by atoms with Crippen molar-refractivity contribution in [2.24, 2.45) is 4.99 Å². The molecule has 0 fully saturated rings. The Morgan fingerprint density at radius 3 is 2.20 bits per heavy atom. The Balaban J connectivity index is 0.00000256. The Hall–Kier alpha value is -2.68. The van der Waals surface area contributed by atoms with Gasteiger partial charge in [0.05, 0.1) is 11.1 Å². The van der Waals surface area contributed by atoms with Crippen LogP contribution in [0, 0.1) is 0 Å². The maximum Gasteiger partial charge on any atom is 0.261 e. The zero-order chi connectivity index (χ0) is 20.2. The maximum atomic E-state index is 12.5. The normalized spacial score (nSPS) is 16.2. The van der Waals surface area contributed by atoms with Crippen molar-refractivity contribution < 1.29 is 9.59 Å². The SMILES string of the molecule is CN=C(NCCN1C(=O)c2ccccc2C1=O)N1CC=C(c2ccccc2)CC1.I. The predicted octanol–water partition coefficient (Wildman–Crippen LogP) is 3.27. The van der Waals surface area contributed by atoms with Crippen molar-refractivity contribution >= 4 is 47.3 Å². The lowest BCUT2D eigenvalue weighted by molar-refractivity contribution is 0.0657. The molecule has 2 amide bonds. The number of nitrogens with zero attached hydrogens (tertiary/aromatic N) is 3. The number of hydrogen-bond donors (Lipinski definition) is 1. The third kappa shape index (κ3) is 4.40. The van der Waals surface area contributed by atoms with Crippen molar-refractivity contribution in [3.63, 3.8) is 0 Å². The lowest BCUT2D eigenvalue weighted by atomic mass is 10.00. The number of amides is 2. The highest BCUT2D eigenvalue weighted by molar-refractivity contribution is 14.0. The van der Waals surface area contributed by atoms with Gasteiger partial charge in [-0.2, -0.15) is 0 Å². The van der Waals surface area contributed by atoms with E-state index >= 15 is 0 Å². The molecule has 0 aliphatic carbocycles. The Morgan fingerprint density at radius 1 is 1.00 bits per heavy atom. The smallest absolute Gasteiger partial charge is 0.261 e. The van der Waals surface area contributed by atoms with Crippen molar-refractivity contribution in [2.75, 3.05) is 33.2 Å². The van der Waals surface area contributed by atoms with Crippen molar-refractivity contribution in [1.29, 1.82) is 0 Å². The number of fused-ring (bicyclic) bond motifs is 1. The van der Waals surface area contributed by atoms with Crippen LogP contribution in [0.3, 0.4) is 0 Å². The second-order valence-electron chi connectivity index (χ2n) is 7.07. The number of rotatable bonds is 4. The molecule has 6 nitrogen and oxygen atoms in total. The summed E-state index contributed by atoms with van der Waals surface area (Å²) in [4.78, 5) is 32.7. The topological polar surface area (TPSA) is 65.0 Å². The first-order valence-corrected chi connectivity index (χ1v) is 9.84. The van der Waals surface area contributed by atoms with Gasteiger partial charge in [-0.1, -0.05) is 48.5 Å². The lowest BCUT2D eigenvalue weighted by Crippen LogP contribution is -2.46. The molecule has 2 aliphatic heterocycles. The first kappa shape index (κ1) is 22.0. The number of carbonyl (C=O) groups is 2. The number of aliphatic imine (C=N–C) groups is 1. The van der Waals surface area contributed by atoms with Gasteiger partial charge >= 0.3 is 0 Å². The number of guanidine groups is 1. The van der Waals surface area contributed by atoms with E-state index in [-0.39, 0.29) is 35.8 Å². The molecule has 1 N–H and O–H groups in total. The van der Waals surface area contributed by atoms with Crippen LogP contribution in [-0.4, -0.2) is 60.8 Å². The Kier molecular flexibility index (Phi) is 7.25. The molecule has 0 spiro atoms. The van der Waals surface area contributed by atoms with Crippen molar-refractivity contribution in [3.8, 4) is 0 Å². The van der Waals surface area contributed by atoms with Crippen molar-refractivity contribution in [2.45, 2.75) is 6.42 Å². The Morgan fingerprint density at radius 2 is 1.63 bits per heavy atom. The van der Waals surface area contributed by atoms with Crippen LogP contribution >= 0.6 is 24.0 Å². The number of nitrogens with one attached hydrogen (secondary N) is 1. The minimum absolute atomic E-state index is 0. The molecule has 2 heterocycles. The molecule has 156 valence electrons. The van der Waals surface area contributed by atoms with E-state index in [1.807, 2.05) is 6.07 Å². The van der Waals surface area contributed by atoms with E-state index in [1.54, 1.807) is 31.3 Å².